The number of nitrogens with two attached hydrogens (primary N) is 1. The molecule has 0 aromatic heterocycles. The van der Waals surface area contributed by atoms with Gasteiger partial charge in [0.25, 0.3) is 0 Å². The Kier molecular flexibility index (Phi) is 67.6. The number of phosphoric acid groups is 1. The zero-order valence-corrected chi connectivity index (χ0v) is 56.6. The van der Waals surface area contributed by atoms with Gasteiger partial charge in [0.2, 0.25) is 0 Å². The van der Waals surface area contributed by atoms with E-state index in [1.807, 2.05) is 0 Å². The van der Waals surface area contributed by atoms with Crippen LogP contribution in [0.15, 0.2) is 146 Å². The Morgan fingerprint density at radius 2 is 0.598 bits per heavy atom. The van der Waals surface area contributed by atoms with Crippen LogP contribution in [0.5, 0.6) is 0 Å². The van der Waals surface area contributed by atoms with Crippen molar-refractivity contribution in [2.75, 3.05) is 26.4 Å². The highest BCUT2D eigenvalue weighted by Gasteiger charge is 2.26. The van der Waals surface area contributed by atoms with Crippen LogP contribution in [-0.2, 0) is 32.7 Å². The first-order valence-corrected chi connectivity index (χ1v) is 36.8. The summed E-state index contributed by atoms with van der Waals surface area (Å²) in [6.07, 6.45) is 102. The molecule has 0 fully saturated rings. The van der Waals surface area contributed by atoms with Crippen LogP contribution in [-0.4, -0.2) is 49.3 Å². The van der Waals surface area contributed by atoms with Crippen LogP contribution in [0.4, 0.5) is 0 Å². The van der Waals surface area contributed by atoms with Crippen molar-refractivity contribution < 1.29 is 37.6 Å². The number of esters is 2. The van der Waals surface area contributed by atoms with Gasteiger partial charge in [0.1, 0.15) is 6.61 Å². The summed E-state index contributed by atoms with van der Waals surface area (Å²) in [5.41, 5.74) is 5.40. The van der Waals surface area contributed by atoms with Crippen LogP contribution in [0.2, 0.25) is 0 Å². The molecule has 2 unspecified atom stereocenters. The maximum atomic E-state index is 12.8. The monoisotopic (exact) mass is 1230 g/mol. The molecule has 0 aromatic carbocycles. The fraction of sp³-hybridized carbons (Fsp3) is 0.662. The molecular formula is C77H130NO8P. The molecule has 496 valence electrons. The minimum Gasteiger partial charge on any atom is -0.462 e. The van der Waals surface area contributed by atoms with Gasteiger partial charge in [-0.2, -0.15) is 0 Å². The van der Waals surface area contributed by atoms with Gasteiger partial charge in [-0.3, -0.25) is 18.6 Å². The third kappa shape index (κ3) is 70.8. The van der Waals surface area contributed by atoms with Crippen LogP contribution >= 0.6 is 7.82 Å². The number of carbonyl (C=O) groups excluding carboxylic acids is 2. The summed E-state index contributed by atoms with van der Waals surface area (Å²) in [6.45, 7) is 3.53. The van der Waals surface area contributed by atoms with Crippen molar-refractivity contribution in [3.63, 3.8) is 0 Å². The normalized spacial score (nSPS) is 13.8. The van der Waals surface area contributed by atoms with Crippen molar-refractivity contribution in [3.8, 4) is 0 Å². The first-order valence-electron chi connectivity index (χ1n) is 35.3. The fourth-order valence-electron chi connectivity index (χ4n) is 9.59. The molecule has 87 heavy (non-hydrogen) atoms. The van der Waals surface area contributed by atoms with Crippen molar-refractivity contribution in [1.29, 1.82) is 0 Å². The van der Waals surface area contributed by atoms with Gasteiger partial charge < -0.3 is 20.1 Å². The van der Waals surface area contributed by atoms with E-state index in [0.29, 0.717) is 6.42 Å². The van der Waals surface area contributed by atoms with Gasteiger partial charge >= 0.3 is 19.8 Å². The highest BCUT2D eigenvalue weighted by atomic mass is 31.2. The van der Waals surface area contributed by atoms with Crippen LogP contribution in [0, 0.1) is 0 Å². The van der Waals surface area contributed by atoms with Gasteiger partial charge in [0.15, 0.2) is 6.10 Å². The van der Waals surface area contributed by atoms with Crippen molar-refractivity contribution in [2.45, 2.75) is 302 Å². The van der Waals surface area contributed by atoms with Gasteiger partial charge in [-0.15, -0.1) is 0 Å². The minimum atomic E-state index is -4.40. The number of hydrogen-bond donors (Lipinski definition) is 2. The Labute approximate surface area is 535 Å². The highest BCUT2D eigenvalue weighted by molar-refractivity contribution is 7.47. The lowest BCUT2D eigenvalue weighted by Crippen LogP contribution is -2.29. The van der Waals surface area contributed by atoms with E-state index >= 15 is 0 Å². The molecule has 0 aliphatic carbocycles. The standard InChI is InChI=1S/C77H130NO8P/c1-3-5-7-9-11-13-15-17-19-21-23-25-27-29-31-33-34-35-36-37-38-39-40-42-44-46-48-50-52-54-56-58-60-62-64-66-68-70-77(80)86-75(74-85-87(81,82)84-72-71-78)73-83-76(79)69-67-65-63-61-59-57-55-53-51-49-47-45-43-41-32-30-28-26-24-22-20-18-16-14-12-10-8-6-4-2/h5-8,11-14,17-20,23-26,29,31,34-35,37-38,40,42,75H,3-4,9-10,15-16,21-22,27-28,30,32-33,36,39,41,43-74,78H2,1-2H3,(H,81,82)/b7-5-,8-6-,13-11-,14-12-,19-17-,20-18-,25-23-,26-24-,31-29-,35-34-,38-37-,42-40-. The van der Waals surface area contributed by atoms with Gasteiger partial charge in [-0.05, 0) is 116 Å². The van der Waals surface area contributed by atoms with E-state index < -0.39 is 26.5 Å². The molecule has 9 nitrogen and oxygen atoms in total. The smallest absolute Gasteiger partial charge is 0.462 e. The molecule has 3 N–H and O–H groups in total. The van der Waals surface area contributed by atoms with Crippen LogP contribution in [0.25, 0.3) is 0 Å². The molecular weight excluding hydrogens is 1100 g/mol. The summed E-state index contributed by atoms with van der Waals surface area (Å²) < 4.78 is 33.2. The van der Waals surface area contributed by atoms with Crippen LogP contribution in [0.1, 0.15) is 296 Å². The Bertz CT molecular complexity index is 1940. The summed E-state index contributed by atoms with van der Waals surface area (Å²) in [5, 5.41) is 0. The number of carbonyl (C=O) groups is 2. The second-order valence-electron chi connectivity index (χ2n) is 23.0. The maximum Gasteiger partial charge on any atom is 0.472 e. The van der Waals surface area contributed by atoms with E-state index in [9.17, 15) is 19.0 Å². The lowest BCUT2D eigenvalue weighted by molar-refractivity contribution is -0.161. The third-order valence-corrected chi connectivity index (χ3v) is 15.7. The van der Waals surface area contributed by atoms with Gasteiger partial charge in [-0.25, -0.2) is 4.57 Å². The quantitative estimate of drug-likeness (QED) is 0.0264. The van der Waals surface area contributed by atoms with Crippen molar-refractivity contribution in [2.24, 2.45) is 5.73 Å². The third-order valence-electron chi connectivity index (χ3n) is 14.7. The molecule has 0 amide bonds. The second kappa shape index (κ2) is 71.0. The Morgan fingerprint density at radius 1 is 0.345 bits per heavy atom. The SMILES string of the molecule is CC/C=C\C/C=C\C/C=C\C/C=C\C/C=C\C/C=C\C/C=C\C/C=C\CCCCCCCCCCCCCCC(=O)OC(COC(=O)CCCCCCCCCCCCCCCCCC/C=C\C/C=C\C/C=C\C/C=C\CC)COP(=O)(O)OCCN. The Balaban J connectivity index is 3.91. The lowest BCUT2D eigenvalue weighted by Gasteiger charge is -2.19. The van der Waals surface area contributed by atoms with E-state index in [1.165, 1.54) is 148 Å². The van der Waals surface area contributed by atoms with Crippen molar-refractivity contribution >= 4 is 19.8 Å². The number of hydrogen-bond acceptors (Lipinski definition) is 8. The molecule has 0 heterocycles. The molecule has 0 rings (SSSR count). The summed E-state index contributed by atoms with van der Waals surface area (Å²) in [5.74, 6) is -0.829. The summed E-state index contributed by atoms with van der Waals surface area (Å²) >= 11 is 0. The van der Waals surface area contributed by atoms with Crippen molar-refractivity contribution in [1.82, 2.24) is 0 Å². The average Bonchev–Trinajstić information content (AvgIpc) is 3.65. The molecule has 0 aliphatic heterocycles. The van der Waals surface area contributed by atoms with Gasteiger partial charge in [0, 0.05) is 19.4 Å². The summed E-state index contributed by atoms with van der Waals surface area (Å²) in [4.78, 5) is 35.4. The van der Waals surface area contributed by atoms with E-state index in [4.69, 9.17) is 24.3 Å². The van der Waals surface area contributed by atoms with Gasteiger partial charge in [-0.1, -0.05) is 314 Å². The minimum absolute atomic E-state index is 0.0480. The number of phosphoric ester groups is 1. The Hall–Kier alpha value is -4.11. The second-order valence-corrected chi connectivity index (χ2v) is 24.4. The average molecular weight is 1230 g/mol. The van der Waals surface area contributed by atoms with E-state index in [-0.39, 0.29) is 38.6 Å². The molecule has 2 atom stereocenters. The molecule has 0 radical (unpaired) electrons. The van der Waals surface area contributed by atoms with Crippen LogP contribution in [0.3, 0.4) is 0 Å². The molecule has 0 aliphatic rings. The molecule has 0 aromatic rings. The molecule has 0 spiro atoms. The molecule has 0 bridgehead atoms. The number of rotatable bonds is 65. The fourth-order valence-corrected chi connectivity index (χ4v) is 10.4. The molecule has 10 heteroatoms. The van der Waals surface area contributed by atoms with E-state index in [2.05, 4.69) is 160 Å². The zero-order valence-electron chi connectivity index (χ0n) is 55.7. The first-order chi connectivity index (χ1) is 42.8. The van der Waals surface area contributed by atoms with E-state index in [1.54, 1.807) is 0 Å². The predicted octanol–water partition coefficient (Wildman–Crippen LogP) is 23.4. The largest absolute Gasteiger partial charge is 0.472 e. The van der Waals surface area contributed by atoms with Crippen LogP contribution < -0.4 is 5.73 Å². The number of allylic oxidation sites excluding steroid dienone is 24. The zero-order chi connectivity index (χ0) is 63.0. The van der Waals surface area contributed by atoms with Gasteiger partial charge in [0.05, 0.1) is 13.2 Å². The van der Waals surface area contributed by atoms with Crippen molar-refractivity contribution in [3.05, 3.63) is 146 Å². The highest BCUT2D eigenvalue weighted by Crippen LogP contribution is 2.43. The molecule has 0 saturated heterocycles. The number of ether oxygens (including phenoxy) is 2. The maximum absolute atomic E-state index is 12.8. The topological polar surface area (TPSA) is 134 Å². The van der Waals surface area contributed by atoms with E-state index in [0.717, 1.165) is 116 Å². The Morgan fingerprint density at radius 3 is 0.885 bits per heavy atom. The summed E-state index contributed by atoms with van der Waals surface area (Å²) in [7, 11) is -4.40. The lowest BCUT2D eigenvalue weighted by atomic mass is 10.0. The molecule has 0 saturated carbocycles. The number of unbranched alkanes of at least 4 members (excludes halogenated alkanes) is 28. The summed E-state index contributed by atoms with van der Waals surface area (Å²) in [6, 6.07) is 0. The first kappa shape index (κ1) is 82.9. The predicted molar refractivity (Wildman–Crippen MR) is 376 cm³/mol.